The lowest BCUT2D eigenvalue weighted by Gasteiger charge is -2.35. The number of nitrogens with zero attached hydrogens (tertiary/aromatic N) is 3. The highest BCUT2D eigenvalue weighted by molar-refractivity contribution is 5.69. The fraction of sp³-hybridized carbons (Fsp3) is 0.417. The second kappa shape index (κ2) is 14.6. The molecule has 1 unspecified atom stereocenters. The summed E-state index contributed by atoms with van der Waals surface area (Å²) >= 11 is 0. The van der Waals surface area contributed by atoms with E-state index in [1.807, 2.05) is 18.2 Å². The van der Waals surface area contributed by atoms with Crippen LogP contribution in [0.2, 0.25) is 0 Å². The molecular formula is C36H43F2N3O. The Morgan fingerprint density at radius 2 is 1.52 bits per heavy atom. The molecule has 4 nitrogen and oxygen atoms in total. The van der Waals surface area contributed by atoms with Gasteiger partial charge in [-0.15, -0.1) is 0 Å². The van der Waals surface area contributed by atoms with E-state index < -0.39 is 6.61 Å². The van der Waals surface area contributed by atoms with Crippen molar-refractivity contribution < 1.29 is 13.5 Å². The van der Waals surface area contributed by atoms with Crippen LogP contribution in [0.25, 0.3) is 22.6 Å². The minimum atomic E-state index is -2.82. The van der Waals surface area contributed by atoms with Crippen molar-refractivity contribution >= 4 is 0 Å². The summed E-state index contributed by atoms with van der Waals surface area (Å²) in [5.74, 6) is 1.84. The molecule has 0 bridgehead atoms. The maximum atomic E-state index is 12.8. The highest BCUT2D eigenvalue weighted by atomic mass is 19.3. The molecule has 1 aliphatic rings. The molecule has 6 heteroatoms. The molecule has 1 aromatic heterocycles. The van der Waals surface area contributed by atoms with Crippen molar-refractivity contribution in [1.29, 1.82) is 0 Å². The number of rotatable bonds is 13. The number of benzene rings is 3. The van der Waals surface area contributed by atoms with Gasteiger partial charge in [0, 0.05) is 36.8 Å². The van der Waals surface area contributed by atoms with E-state index in [0.717, 1.165) is 60.7 Å². The Labute approximate surface area is 249 Å². The van der Waals surface area contributed by atoms with Crippen molar-refractivity contribution in [1.82, 2.24) is 14.5 Å². The molecule has 0 radical (unpaired) electrons. The van der Waals surface area contributed by atoms with E-state index in [-0.39, 0.29) is 11.8 Å². The van der Waals surface area contributed by atoms with Gasteiger partial charge in [-0.05, 0) is 49.8 Å². The number of hydrogen-bond donors (Lipinski definition) is 0. The van der Waals surface area contributed by atoms with Gasteiger partial charge in [0.05, 0.1) is 11.4 Å². The Kier molecular flexibility index (Phi) is 10.4. The molecule has 1 saturated carbocycles. The number of aromatic nitrogens is 2. The zero-order valence-electron chi connectivity index (χ0n) is 24.9. The summed E-state index contributed by atoms with van der Waals surface area (Å²) in [7, 11) is 0. The first-order chi connectivity index (χ1) is 20.5. The lowest BCUT2D eigenvalue weighted by molar-refractivity contribution is -0.0498. The third-order valence-corrected chi connectivity index (χ3v) is 8.52. The van der Waals surface area contributed by atoms with Crippen LogP contribution in [0.1, 0.15) is 76.1 Å². The minimum Gasteiger partial charge on any atom is -0.435 e. The van der Waals surface area contributed by atoms with Gasteiger partial charge in [0.15, 0.2) is 0 Å². The summed E-state index contributed by atoms with van der Waals surface area (Å²) in [6.07, 6.45) is 8.56. The van der Waals surface area contributed by atoms with Crippen LogP contribution in [0, 0.1) is 5.92 Å². The van der Waals surface area contributed by atoms with Crippen molar-refractivity contribution in [2.45, 2.75) is 84.5 Å². The zero-order valence-corrected chi connectivity index (χ0v) is 24.9. The highest BCUT2D eigenvalue weighted by Gasteiger charge is 2.29. The smallest absolute Gasteiger partial charge is 0.387 e. The summed E-state index contributed by atoms with van der Waals surface area (Å²) < 4.78 is 32.6. The van der Waals surface area contributed by atoms with Crippen LogP contribution in [0.3, 0.4) is 0 Å². The fourth-order valence-electron chi connectivity index (χ4n) is 6.29. The van der Waals surface area contributed by atoms with Gasteiger partial charge in [-0.3, -0.25) is 4.90 Å². The van der Waals surface area contributed by atoms with E-state index in [2.05, 4.69) is 82.6 Å². The third-order valence-electron chi connectivity index (χ3n) is 8.52. The lowest BCUT2D eigenvalue weighted by Crippen LogP contribution is -2.34. The molecule has 1 heterocycles. The zero-order chi connectivity index (χ0) is 29.3. The van der Waals surface area contributed by atoms with Gasteiger partial charge in [-0.25, -0.2) is 4.98 Å². The maximum Gasteiger partial charge on any atom is 0.387 e. The van der Waals surface area contributed by atoms with E-state index >= 15 is 0 Å². The van der Waals surface area contributed by atoms with Gasteiger partial charge in [-0.2, -0.15) is 8.78 Å². The summed E-state index contributed by atoms with van der Waals surface area (Å²) in [6, 6.07) is 28.3. The third kappa shape index (κ3) is 7.46. The van der Waals surface area contributed by atoms with Crippen LogP contribution in [-0.2, 0) is 13.1 Å². The molecule has 0 saturated heterocycles. The lowest BCUT2D eigenvalue weighted by atomic mass is 9.88. The van der Waals surface area contributed by atoms with E-state index in [9.17, 15) is 8.78 Å². The van der Waals surface area contributed by atoms with E-state index in [1.54, 1.807) is 12.1 Å². The molecule has 1 atom stereocenters. The number of ether oxygens (including phenoxy) is 1. The van der Waals surface area contributed by atoms with Crippen LogP contribution >= 0.6 is 0 Å². The van der Waals surface area contributed by atoms with Crippen LogP contribution in [0.15, 0.2) is 84.9 Å². The SMILES string of the molecule is CCCCn1c(-c2ccccc2)nc(-c2ccccc2)c1C(C)N(Cc1ccc(OC(F)F)cc1)CC1CCCCC1. The summed E-state index contributed by atoms with van der Waals surface area (Å²) in [5.41, 5.74) is 5.60. The Bertz CT molecular complexity index is 1370. The highest BCUT2D eigenvalue weighted by Crippen LogP contribution is 2.38. The van der Waals surface area contributed by atoms with Gasteiger partial charge in [0.25, 0.3) is 0 Å². The molecular weight excluding hydrogens is 528 g/mol. The predicted molar refractivity (Wildman–Crippen MR) is 166 cm³/mol. The van der Waals surface area contributed by atoms with Gasteiger partial charge < -0.3 is 9.30 Å². The molecule has 222 valence electrons. The molecule has 42 heavy (non-hydrogen) atoms. The predicted octanol–water partition coefficient (Wildman–Crippen LogP) is 9.76. The van der Waals surface area contributed by atoms with Gasteiger partial charge in [0.2, 0.25) is 0 Å². The average molecular weight is 572 g/mol. The van der Waals surface area contributed by atoms with Gasteiger partial charge >= 0.3 is 6.61 Å². The Morgan fingerprint density at radius 1 is 0.881 bits per heavy atom. The number of halogens is 2. The molecule has 3 aromatic carbocycles. The molecule has 5 rings (SSSR count). The molecule has 0 amide bonds. The largest absolute Gasteiger partial charge is 0.435 e. The molecule has 4 aromatic rings. The van der Waals surface area contributed by atoms with E-state index in [4.69, 9.17) is 4.98 Å². The first kappa shape index (κ1) is 30.0. The number of imidazole rings is 1. The summed E-state index contributed by atoms with van der Waals surface area (Å²) in [6.45, 7) is 4.34. The van der Waals surface area contributed by atoms with Crippen LogP contribution in [0.4, 0.5) is 8.78 Å². The van der Waals surface area contributed by atoms with Crippen molar-refractivity contribution in [3.8, 4) is 28.4 Å². The van der Waals surface area contributed by atoms with Gasteiger partial charge in [0.1, 0.15) is 11.6 Å². The molecule has 1 aliphatic carbocycles. The Balaban J connectivity index is 1.58. The first-order valence-electron chi connectivity index (χ1n) is 15.5. The number of unbranched alkanes of at least 4 members (excludes halogenated alkanes) is 1. The molecule has 0 aliphatic heterocycles. The normalized spacial score (nSPS) is 14.9. The van der Waals surface area contributed by atoms with E-state index in [1.165, 1.54) is 37.8 Å². The van der Waals surface area contributed by atoms with Crippen LogP contribution in [0.5, 0.6) is 5.75 Å². The Hall–Kier alpha value is -3.51. The monoisotopic (exact) mass is 571 g/mol. The minimum absolute atomic E-state index is 0.0842. The van der Waals surface area contributed by atoms with Crippen molar-refractivity contribution in [3.63, 3.8) is 0 Å². The number of alkyl halides is 2. The van der Waals surface area contributed by atoms with Crippen molar-refractivity contribution in [2.75, 3.05) is 6.54 Å². The molecule has 0 spiro atoms. The standard InChI is InChI=1S/C36H43F2N3O/c1-3-4-24-41-34(33(30-16-10-6-11-17-30)39-35(41)31-18-12-7-13-19-31)27(2)40(25-28-14-8-5-9-15-28)26-29-20-22-32(23-21-29)42-36(37)38/h6-7,10-13,16-23,27-28,36H,3-5,8-9,14-15,24-26H2,1-2H3. The van der Waals surface area contributed by atoms with Crippen LogP contribution in [-0.4, -0.2) is 27.6 Å². The van der Waals surface area contributed by atoms with E-state index in [0.29, 0.717) is 5.92 Å². The Morgan fingerprint density at radius 3 is 2.14 bits per heavy atom. The average Bonchev–Trinajstić information content (AvgIpc) is 3.41. The second-order valence-corrected chi connectivity index (χ2v) is 11.5. The number of hydrogen-bond acceptors (Lipinski definition) is 3. The van der Waals surface area contributed by atoms with Gasteiger partial charge in [-0.1, -0.05) is 105 Å². The quantitative estimate of drug-likeness (QED) is 0.160. The van der Waals surface area contributed by atoms with Crippen molar-refractivity contribution in [3.05, 3.63) is 96.2 Å². The first-order valence-corrected chi connectivity index (χ1v) is 15.5. The molecule has 0 N–H and O–H groups in total. The van der Waals surface area contributed by atoms with Crippen LogP contribution < -0.4 is 4.74 Å². The molecule has 1 fully saturated rings. The summed E-state index contributed by atoms with van der Waals surface area (Å²) in [5, 5.41) is 0. The van der Waals surface area contributed by atoms with Crippen molar-refractivity contribution in [2.24, 2.45) is 5.92 Å². The maximum absolute atomic E-state index is 12.8. The topological polar surface area (TPSA) is 30.3 Å². The second-order valence-electron chi connectivity index (χ2n) is 11.5. The fourth-order valence-corrected chi connectivity index (χ4v) is 6.29. The summed E-state index contributed by atoms with van der Waals surface area (Å²) in [4.78, 5) is 7.93.